The molecule has 0 saturated heterocycles. The fourth-order valence-corrected chi connectivity index (χ4v) is 1.90. The normalized spacial score (nSPS) is 11.7. The third-order valence-electron chi connectivity index (χ3n) is 3.07. The molecule has 21 heavy (non-hydrogen) atoms. The average Bonchev–Trinajstić information content (AvgIpc) is 2.53. The number of ether oxygens (including phenoxy) is 1. The van der Waals surface area contributed by atoms with Crippen LogP contribution in [0, 0.1) is 0 Å². The van der Waals surface area contributed by atoms with Crippen LogP contribution in [0.1, 0.15) is 18.1 Å². The minimum atomic E-state index is -0.595. The number of benzene rings is 2. The number of carbonyl (C=O) groups is 1. The van der Waals surface area contributed by atoms with Gasteiger partial charge >= 0.3 is 0 Å². The van der Waals surface area contributed by atoms with Crippen LogP contribution in [0.2, 0.25) is 0 Å². The Balaban J connectivity index is 1.87. The highest BCUT2D eigenvalue weighted by Crippen LogP contribution is 2.15. The van der Waals surface area contributed by atoms with Crippen molar-refractivity contribution in [2.24, 2.45) is 0 Å². The smallest absolute Gasteiger partial charge is 0.261 e. The van der Waals surface area contributed by atoms with Crippen LogP contribution in [0.3, 0.4) is 0 Å². The van der Waals surface area contributed by atoms with Gasteiger partial charge in [0.05, 0.1) is 6.61 Å². The van der Waals surface area contributed by atoms with Crippen LogP contribution in [0.5, 0.6) is 5.75 Å². The fraction of sp³-hybridized carbons (Fsp3) is 0.235. The van der Waals surface area contributed by atoms with E-state index in [-0.39, 0.29) is 12.5 Å². The summed E-state index contributed by atoms with van der Waals surface area (Å²) in [4.78, 5) is 12.0. The molecule has 4 nitrogen and oxygen atoms in total. The minimum absolute atomic E-state index is 0.0498. The molecule has 0 aliphatic carbocycles. The molecule has 0 spiro atoms. The van der Waals surface area contributed by atoms with Crippen LogP contribution in [-0.4, -0.2) is 17.1 Å². The van der Waals surface area contributed by atoms with Gasteiger partial charge in [0.25, 0.3) is 5.91 Å². The first kappa shape index (κ1) is 15.1. The van der Waals surface area contributed by atoms with E-state index in [0.717, 1.165) is 11.1 Å². The topological polar surface area (TPSA) is 58.6 Å². The van der Waals surface area contributed by atoms with Gasteiger partial charge in [0.15, 0.2) is 6.10 Å². The average molecular weight is 285 g/mol. The molecule has 0 bridgehead atoms. The number of rotatable bonds is 6. The van der Waals surface area contributed by atoms with E-state index < -0.39 is 6.10 Å². The van der Waals surface area contributed by atoms with Gasteiger partial charge in [0, 0.05) is 6.54 Å². The van der Waals surface area contributed by atoms with Crippen LogP contribution in [0.25, 0.3) is 0 Å². The highest BCUT2D eigenvalue weighted by molar-refractivity contribution is 5.80. The minimum Gasteiger partial charge on any atom is -0.481 e. The maximum atomic E-state index is 12.0. The summed E-state index contributed by atoms with van der Waals surface area (Å²) in [5.74, 6) is 0.400. The van der Waals surface area contributed by atoms with E-state index in [2.05, 4.69) is 5.32 Å². The van der Waals surface area contributed by atoms with Crippen LogP contribution < -0.4 is 10.1 Å². The number of aliphatic hydroxyl groups excluding tert-OH is 1. The molecule has 0 radical (unpaired) electrons. The third-order valence-corrected chi connectivity index (χ3v) is 3.07. The number of aliphatic hydroxyl groups is 1. The summed E-state index contributed by atoms with van der Waals surface area (Å²) in [7, 11) is 0. The molecule has 2 aromatic rings. The molecule has 2 aromatic carbocycles. The van der Waals surface area contributed by atoms with E-state index >= 15 is 0 Å². The Labute approximate surface area is 124 Å². The summed E-state index contributed by atoms with van der Waals surface area (Å²) in [6.07, 6.45) is -0.595. The Kier molecular flexibility index (Phi) is 5.35. The molecule has 0 heterocycles. The highest BCUT2D eigenvalue weighted by Gasteiger charge is 2.14. The van der Waals surface area contributed by atoms with Crippen molar-refractivity contribution in [1.82, 2.24) is 5.32 Å². The van der Waals surface area contributed by atoms with Crippen LogP contribution in [-0.2, 0) is 17.9 Å². The first-order chi connectivity index (χ1) is 10.2. The van der Waals surface area contributed by atoms with Gasteiger partial charge in [-0.15, -0.1) is 0 Å². The first-order valence-corrected chi connectivity index (χ1v) is 6.87. The van der Waals surface area contributed by atoms with Crippen molar-refractivity contribution in [3.05, 3.63) is 65.7 Å². The Hall–Kier alpha value is -2.33. The van der Waals surface area contributed by atoms with Crippen molar-refractivity contribution in [3.63, 3.8) is 0 Å². The zero-order valence-electron chi connectivity index (χ0n) is 12.0. The van der Waals surface area contributed by atoms with Crippen molar-refractivity contribution >= 4 is 5.91 Å². The lowest BCUT2D eigenvalue weighted by atomic mass is 10.2. The van der Waals surface area contributed by atoms with Crippen molar-refractivity contribution in [2.75, 3.05) is 0 Å². The van der Waals surface area contributed by atoms with Gasteiger partial charge in [-0.2, -0.15) is 0 Å². The number of carbonyl (C=O) groups excluding carboxylic acids is 1. The van der Waals surface area contributed by atoms with E-state index in [9.17, 15) is 4.79 Å². The van der Waals surface area contributed by atoms with Gasteiger partial charge in [-0.1, -0.05) is 42.5 Å². The number of nitrogens with one attached hydrogen (secondary N) is 1. The highest BCUT2D eigenvalue weighted by atomic mass is 16.5. The number of hydrogen-bond acceptors (Lipinski definition) is 3. The van der Waals surface area contributed by atoms with E-state index in [1.54, 1.807) is 31.2 Å². The summed E-state index contributed by atoms with van der Waals surface area (Å²) in [5, 5.41) is 11.9. The fourth-order valence-electron chi connectivity index (χ4n) is 1.90. The van der Waals surface area contributed by atoms with Crippen LogP contribution >= 0.6 is 0 Å². The van der Waals surface area contributed by atoms with Gasteiger partial charge in [-0.3, -0.25) is 4.79 Å². The monoisotopic (exact) mass is 285 g/mol. The Morgan fingerprint density at radius 2 is 1.86 bits per heavy atom. The number of amides is 1. The lowest BCUT2D eigenvalue weighted by Gasteiger charge is -2.15. The quantitative estimate of drug-likeness (QED) is 0.856. The second kappa shape index (κ2) is 7.45. The number of hydrogen-bond donors (Lipinski definition) is 2. The molecule has 110 valence electrons. The first-order valence-electron chi connectivity index (χ1n) is 6.87. The molecule has 0 fully saturated rings. The van der Waals surface area contributed by atoms with Gasteiger partial charge in [0.2, 0.25) is 0 Å². The van der Waals surface area contributed by atoms with Crippen LogP contribution in [0.15, 0.2) is 54.6 Å². The molecule has 1 amide bonds. The Bertz CT molecular complexity index is 584. The van der Waals surface area contributed by atoms with Crippen molar-refractivity contribution in [3.8, 4) is 5.75 Å². The summed E-state index contributed by atoms with van der Waals surface area (Å²) >= 11 is 0. The Morgan fingerprint density at radius 1 is 1.14 bits per heavy atom. The Morgan fingerprint density at radius 3 is 2.57 bits per heavy atom. The lowest BCUT2D eigenvalue weighted by molar-refractivity contribution is -0.127. The van der Waals surface area contributed by atoms with Gasteiger partial charge in [0.1, 0.15) is 5.75 Å². The van der Waals surface area contributed by atoms with Gasteiger partial charge in [-0.05, 0) is 30.2 Å². The van der Waals surface area contributed by atoms with Crippen molar-refractivity contribution in [1.29, 1.82) is 0 Å². The van der Waals surface area contributed by atoms with Gasteiger partial charge < -0.3 is 15.2 Å². The summed E-state index contributed by atoms with van der Waals surface area (Å²) in [6.45, 7) is 2.13. The zero-order chi connectivity index (χ0) is 15.1. The zero-order valence-corrected chi connectivity index (χ0v) is 12.0. The molecule has 0 aromatic heterocycles. The molecule has 0 aliphatic heterocycles. The predicted molar refractivity (Wildman–Crippen MR) is 80.7 cm³/mol. The van der Waals surface area contributed by atoms with Crippen molar-refractivity contribution in [2.45, 2.75) is 26.2 Å². The summed E-state index contributed by atoms with van der Waals surface area (Å²) < 4.78 is 5.58. The largest absolute Gasteiger partial charge is 0.481 e. The molecule has 2 rings (SSSR count). The second-order valence-electron chi connectivity index (χ2n) is 4.77. The summed E-state index contributed by atoms with van der Waals surface area (Å²) in [6, 6.07) is 16.8. The van der Waals surface area contributed by atoms with Gasteiger partial charge in [-0.25, -0.2) is 0 Å². The van der Waals surface area contributed by atoms with Crippen molar-refractivity contribution < 1.29 is 14.6 Å². The molecule has 4 heteroatoms. The SMILES string of the molecule is CC(Oc1cccc(CO)c1)C(=O)NCc1ccccc1. The van der Waals surface area contributed by atoms with E-state index in [0.29, 0.717) is 12.3 Å². The molecule has 0 saturated carbocycles. The van der Waals surface area contributed by atoms with E-state index in [1.807, 2.05) is 30.3 Å². The molecule has 2 N–H and O–H groups in total. The lowest BCUT2D eigenvalue weighted by Crippen LogP contribution is -2.35. The predicted octanol–water partition coefficient (Wildman–Crippen LogP) is 2.26. The summed E-state index contributed by atoms with van der Waals surface area (Å²) in [5.41, 5.74) is 1.80. The maximum Gasteiger partial charge on any atom is 0.261 e. The van der Waals surface area contributed by atoms with E-state index in [1.165, 1.54) is 0 Å². The molecule has 1 unspecified atom stereocenters. The third kappa shape index (κ3) is 4.61. The molecule has 1 atom stereocenters. The van der Waals surface area contributed by atoms with Crippen LogP contribution in [0.4, 0.5) is 0 Å². The maximum absolute atomic E-state index is 12.0. The molecular formula is C17H19NO3. The molecule has 0 aliphatic rings. The van der Waals surface area contributed by atoms with E-state index in [4.69, 9.17) is 9.84 Å². The second-order valence-corrected chi connectivity index (χ2v) is 4.77. The molecular weight excluding hydrogens is 266 g/mol. The standard InChI is InChI=1S/C17H19NO3/c1-13(21-16-9-5-8-15(10-16)12-19)17(20)18-11-14-6-3-2-4-7-14/h2-10,13,19H,11-12H2,1H3,(H,18,20).